The summed E-state index contributed by atoms with van der Waals surface area (Å²) in [6, 6.07) is 18.1. The maximum absolute atomic E-state index is 4.64. The number of hydrogen-bond acceptors (Lipinski definition) is 5. The second-order valence-electron chi connectivity index (χ2n) is 6.45. The lowest BCUT2D eigenvalue weighted by Gasteiger charge is -2.11. The third-order valence-corrected chi connectivity index (χ3v) is 4.46. The molecule has 1 N–H and O–H groups in total. The van der Waals surface area contributed by atoms with Crippen molar-refractivity contribution in [3.63, 3.8) is 0 Å². The van der Waals surface area contributed by atoms with Gasteiger partial charge in [-0.2, -0.15) is 0 Å². The third kappa shape index (κ3) is 4.23. The Balaban J connectivity index is 1.52. The number of anilines is 1. The lowest BCUT2D eigenvalue weighted by atomic mass is 10.2. The highest BCUT2D eigenvalue weighted by atomic mass is 15.1. The Bertz CT molecular complexity index is 1030. The van der Waals surface area contributed by atoms with Gasteiger partial charge >= 0.3 is 0 Å². The molecule has 28 heavy (non-hydrogen) atoms. The molecule has 6 heteroatoms. The molecule has 0 amide bonds. The first-order valence-corrected chi connectivity index (χ1v) is 9.39. The van der Waals surface area contributed by atoms with Crippen LogP contribution in [0.5, 0.6) is 0 Å². The van der Waals surface area contributed by atoms with Crippen LogP contribution in [0.2, 0.25) is 0 Å². The van der Waals surface area contributed by atoms with Crippen LogP contribution >= 0.6 is 0 Å². The Hall–Kier alpha value is -3.54. The topological polar surface area (TPSA) is 68.5 Å². The number of aryl methyl sites for hydroxylation is 1. The number of aromatic nitrogens is 5. The molecule has 0 aliphatic rings. The van der Waals surface area contributed by atoms with Crippen molar-refractivity contribution in [2.45, 2.75) is 26.4 Å². The molecule has 0 saturated heterocycles. The van der Waals surface area contributed by atoms with Crippen LogP contribution in [0.1, 0.15) is 24.0 Å². The van der Waals surface area contributed by atoms with Crippen molar-refractivity contribution in [1.29, 1.82) is 0 Å². The third-order valence-electron chi connectivity index (χ3n) is 4.46. The average molecular weight is 370 g/mol. The van der Waals surface area contributed by atoms with Gasteiger partial charge in [0.15, 0.2) is 5.82 Å². The molecule has 0 atom stereocenters. The van der Waals surface area contributed by atoms with Crippen molar-refractivity contribution >= 4 is 5.82 Å². The zero-order chi connectivity index (χ0) is 19.2. The number of pyridine rings is 1. The summed E-state index contributed by atoms with van der Waals surface area (Å²) < 4.78 is 2.14. The number of rotatable bonds is 7. The summed E-state index contributed by atoms with van der Waals surface area (Å²) in [5.74, 6) is 2.37. The maximum Gasteiger partial charge on any atom is 0.180 e. The molecule has 6 nitrogen and oxygen atoms in total. The Labute approximate surface area is 164 Å². The standard InChI is InChI=1S/C22H22N6/c1-2-18-14-20(27-22(26-18)19-10-6-7-11-23-19)25-15-21-24-12-13-28(21)16-17-8-4-3-5-9-17/h3-14H,2,15-16H2,1H3,(H,25,26,27). The zero-order valence-electron chi connectivity index (χ0n) is 15.8. The van der Waals surface area contributed by atoms with Gasteiger partial charge in [0.05, 0.1) is 6.54 Å². The van der Waals surface area contributed by atoms with E-state index in [1.807, 2.05) is 42.7 Å². The van der Waals surface area contributed by atoms with Crippen LogP contribution < -0.4 is 5.32 Å². The fourth-order valence-electron chi connectivity index (χ4n) is 2.98. The van der Waals surface area contributed by atoms with E-state index in [-0.39, 0.29) is 0 Å². The van der Waals surface area contributed by atoms with E-state index in [4.69, 9.17) is 0 Å². The fraction of sp³-hybridized carbons (Fsp3) is 0.182. The highest BCUT2D eigenvalue weighted by Crippen LogP contribution is 2.17. The van der Waals surface area contributed by atoms with Crippen LogP contribution in [-0.2, 0) is 19.5 Å². The predicted molar refractivity (Wildman–Crippen MR) is 110 cm³/mol. The fourth-order valence-corrected chi connectivity index (χ4v) is 2.98. The molecule has 4 aromatic rings. The molecule has 4 rings (SSSR count). The molecule has 3 aromatic heterocycles. The zero-order valence-corrected chi connectivity index (χ0v) is 15.8. The van der Waals surface area contributed by atoms with Crippen LogP contribution in [0.4, 0.5) is 5.82 Å². The molecule has 140 valence electrons. The summed E-state index contributed by atoms with van der Waals surface area (Å²) in [6.45, 7) is 3.46. The summed E-state index contributed by atoms with van der Waals surface area (Å²) in [6.07, 6.45) is 6.42. The van der Waals surface area contributed by atoms with Crippen molar-refractivity contribution in [1.82, 2.24) is 24.5 Å². The normalized spacial score (nSPS) is 10.8. The monoisotopic (exact) mass is 370 g/mol. The van der Waals surface area contributed by atoms with Gasteiger partial charge in [0.25, 0.3) is 0 Å². The Morgan fingerprint density at radius 1 is 0.929 bits per heavy atom. The minimum atomic E-state index is 0.585. The molecular weight excluding hydrogens is 348 g/mol. The van der Waals surface area contributed by atoms with Crippen molar-refractivity contribution in [3.05, 3.63) is 90.3 Å². The average Bonchev–Trinajstić information content (AvgIpc) is 3.20. The van der Waals surface area contributed by atoms with Crippen LogP contribution in [0.3, 0.4) is 0 Å². The minimum absolute atomic E-state index is 0.585. The molecular formula is C22H22N6. The molecule has 0 unspecified atom stereocenters. The molecule has 0 aliphatic heterocycles. The van der Waals surface area contributed by atoms with Crippen molar-refractivity contribution in [2.75, 3.05) is 5.32 Å². The van der Waals surface area contributed by atoms with Gasteiger partial charge in [-0.1, -0.05) is 43.3 Å². The van der Waals surface area contributed by atoms with Gasteiger partial charge in [-0.05, 0) is 24.1 Å². The van der Waals surface area contributed by atoms with E-state index in [2.05, 4.69) is 61.0 Å². The second-order valence-corrected chi connectivity index (χ2v) is 6.45. The van der Waals surface area contributed by atoms with Crippen LogP contribution in [-0.4, -0.2) is 24.5 Å². The molecule has 0 spiro atoms. The first kappa shape index (κ1) is 17.9. The Kier molecular flexibility index (Phi) is 5.38. The number of nitrogens with zero attached hydrogens (tertiary/aromatic N) is 5. The van der Waals surface area contributed by atoms with E-state index < -0.39 is 0 Å². The minimum Gasteiger partial charge on any atom is -0.363 e. The number of benzene rings is 1. The largest absolute Gasteiger partial charge is 0.363 e. The van der Waals surface area contributed by atoms with E-state index in [0.29, 0.717) is 12.4 Å². The van der Waals surface area contributed by atoms with Crippen LogP contribution in [0.15, 0.2) is 73.2 Å². The van der Waals surface area contributed by atoms with Crippen molar-refractivity contribution in [2.24, 2.45) is 0 Å². The molecule has 0 radical (unpaired) electrons. The van der Waals surface area contributed by atoms with E-state index in [9.17, 15) is 0 Å². The van der Waals surface area contributed by atoms with Crippen molar-refractivity contribution in [3.8, 4) is 11.5 Å². The molecule has 0 bridgehead atoms. The highest BCUT2D eigenvalue weighted by molar-refractivity contribution is 5.52. The first-order chi connectivity index (χ1) is 13.8. The van der Waals surface area contributed by atoms with E-state index in [1.54, 1.807) is 6.20 Å². The Morgan fingerprint density at radius 3 is 2.57 bits per heavy atom. The van der Waals surface area contributed by atoms with E-state index in [0.717, 1.165) is 36.0 Å². The summed E-state index contributed by atoms with van der Waals surface area (Å²) in [4.78, 5) is 18.1. The van der Waals surface area contributed by atoms with Gasteiger partial charge in [0, 0.05) is 36.9 Å². The number of imidazole rings is 1. The van der Waals surface area contributed by atoms with E-state index in [1.165, 1.54) is 5.56 Å². The molecule has 3 heterocycles. The summed E-state index contributed by atoms with van der Waals surface area (Å²) in [7, 11) is 0. The number of nitrogens with one attached hydrogen (secondary N) is 1. The van der Waals surface area contributed by atoms with Gasteiger partial charge in [-0.15, -0.1) is 0 Å². The predicted octanol–water partition coefficient (Wildman–Crippen LogP) is 3.96. The van der Waals surface area contributed by atoms with Gasteiger partial charge < -0.3 is 9.88 Å². The second kappa shape index (κ2) is 8.43. The van der Waals surface area contributed by atoms with E-state index >= 15 is 0 Å². The maximum atomic E-state index is 4.64. The van der Waals surface area contributed by atoms with Gasteiger partial charge in [-0.25, -0.2) is 15.0 Å². The lowest BCUT2D eigenvalue weighted by Crippen LogP contribution is -2.11. The molecule has 0 saturated carbocycles. The summed E-state index contributed by atoms with van der Waals surface area (Å²) in [5.41, 5.74) is 2.99. The quantitative estimate of drug-likeness (QED) is 0.533. The van der Waals surface area contributed by atoms with Crippen LogP contribution in [0, 0.1) is 0 Å². The van der Waals surface area contributed by atoms with Gasteiger partial charge in [0.2, 0.25) is 0 Å². The molecule has 1 aromatic carbocycles. The Morgan fingerprint density at radius 2 is 1.79 bits per heavy atom. The first-order valence-electron chi connectivity index (χ1n) is 9.39. The summed E-state index contributed by atoms with van der Waals surface area (Å²) >= 11 is 0. The van der Waals surface area contributed by atoms with Gasteiger partial charge in [-0.3, -0.25) is 4.98 Å². The van der Waals surface area contributed by atoms with Crippen LogP contribution in [0.25, 0.3) is 11.5 Å². The van der Waals surface area contributed by atoms with Crippen molar-refractivity contribution < 1.29 is 0 Å². The summed E-state index contributed by atoms with van der Waals surface area (Å²) in [5, 5.41) is 3.40. The lowest BCUT2D eigenvalue weighted by molar-refractivity contribution is 0.734. The SMILES string of the molecule is CCc1cc(NCc2nccn2Cc2ccccc2)nc(-c2ccccn2)n1. The number of hydrogen-bond donors (Lipinski definition) is 1. The molecule has 0 fully saturated rings. The molecule has 0 aliphatic carbocycles. The highest BCUT2D eigenvalue weighted by Gasteiger charge is 2.09. The smallest absolute Gasteiger partial charge is 0.180 e. The van der Waals surface area contributed by atoms with Gasteiger partial charge in [0.1, 0.15) is 17.3 Å².